The van der Waals surface area contributed by atoms with Crippen LogP contribution in [0.3, 0.4) is 0 Å². The lowest BCUT2D eigenvalue weighted by Crippen LogP contribution is -2.36. The second-order valence-electron chi connectivity index (χ2n) is 9.11. The number of aliphatic hydroxyl groups is 2. The van der Waals surface area contributed by atoms with Crippen molar-refractivity contribution >= 4 is 5.91 Å². The molecule has 0 bridgehead atoms. The van der Waals surface area contributed by atoms with E-state index in [1.54, 1.807) is 0 Å². The Balaban J connectivity index is 1.81. The van der Waals surface area contributed by atoms with Gasteiger partial charge in [0.05, 0.1) is 0 Å². The lowest BCUT2D eigenvalue weighted by Gasteiger charge is -2.17. The Morgan fingerprint density at radius 2 is 1.86 bits per heavy atom. The van der Waals surface area contributed by atoms with Gasteiger partial charge in [0.1, 0.15) is 25.1 Å². The Labute approximate surface area is 212 Å². The molecule has 0 aliphatic carbocycles. The van der Waals surface area contributed by atoms with Crippen LogP contribution in [0, 0.1) is 6.92 Å². The molecule has 0 radical (unpaired) electrons. The topological polar surface area (TPSA) is 121 Å². The lowest BCUT2D eigenvalue weighted by molar-refractivity contribution is -0.124. The summed E-state index contributed by atoms with van der Waals surface area (Å²) in [4.78, 5) is 18.0. The molecular weight excluding hydrogens is 460 g/mol. The van der Waals surface area contributed by atoms with Gasteiger partial charge >= 0.3 is 0 Å². The molecule has 1 aromatic heterocycles. The van der Waals surface area contributed by atoms with Gasteiger partial charge in [0.2, 0.25) is 11.7 Å². The van der Waals surface area contributed by atoms with Gasteiger partial charge in [-0.25, -0.2) is 0 Å². The van der Waals surface area contributed by atoms with E-state index in [2.05, 4.69) is 45.5 Å². The zero-order valence-electron chi connectivity index (χ0n) is 21.7. The first-order chi connectivity index (χ1) is 17.2. The second kappa shape index (κ2) is 12.6. The highest BCUT2D eigenvalue weighted by molar-refractivity contribution is 5.76. The molecular formula is C27H36N4O5. The van der Waals surface area contributed by atoms with Crippen LogP contribution in [0.15, 0.2) is 34.9 Å². The molecule has 1 atom stereocenters. The first-order valence-electron chi connectivity index (χ1n) is 12.2. The maximum atomic E-state index is 11.2. The maximum absolute atomic E-state index is 11.2. The predicted molar refractivity (Wildman–Crippen MR) is 138 cm³/mol. The summed E-state index contributed by atoms with van der Waals surface area (Å²) in [7, 11) is 4.08. The molecule has 0 spiro atoms. The summed E-state index contributed by atoms with van der Waals surface area (Å²) >= 11 is 0. The maximum Gasteiger partial charge on any atom is 0.258 e. The van der Waals surface area contributed by atoms with Gasteiger partial charge in [0.25, 0.3) is 5.89 Å². The molecule has 3 N–H and O–H groups in total. The Morgan fingerprint density at radius 1 is 1.11 bits per heavy atom. The van der Waals surface area contributed by atoms with Crippen LogP contribution in [0.5, 0.6) is 5.75 Å². The fraction of sp³-hybridized carbons (Fsp3) is 0.444. The standard InChI is InChI=1S/C27H36N4O5/c1-6-18-9-19(14-31(4)5)11-22(10-18)27-29-26(30-36-27)21-8-17(3)25(20(7-2)12-21)35-16-23(33)13-28-24(34)15-32/h8-12,23,32-33H,6-7,13-16H2,1-5H3,(H,28,34). The van der Waals surface area contributed by atoms with Crippen LogP contribution in [0.25, 0.3) is 22.8 Å². The number of aromatic nitrogens is 2. The summed E-state index contributed by atoms with van der Waals surface area (Å²) in [5.41, 5.74) is 5.96. The minimum atomic E-state index is -0.902. The molecule has 1 amide bonds. The average molecular weight is 497 g/mol. The van der Waals surface area contributed by atoms with Crippen molar-refractivity contribution in [2.75, 3.05) is 33.9 Å². The van der Waals surface area contributed by atoms with E-state index in [9.17, 15) is 9.90 Å². The van der Waals surface area contributed by atoms with Crippen LogP contribution in [-0.2, 0) is 24.2 Å². The molecule has 0 aliphatic rings. The fourth-order valence-corrected chi connectivity index (χ4v) is 3.98. The van der Waals surface area contributed by atoms with Crippen LogP contribution < -0.4 is 10.1 Å². The van der Waals surface area contributed by atoms with Gasteiger partial charge in [-0.15, -0.1) is 0 Å². The number of aryl methyl sites for hydroxylation is 3. The van der Waals surface area contributed by atoms with E-state index in [1.807, 2.05) is 40.1 Å². The molecule has 1 unspecified atom stereocenters. The van der Waals surface area contributed by atoms with E-state index in [-0.39, 0.29) is 13.2 Å². The third-order valence-electron chi connectivity index (χ3n) is 5.72. The highest BCUT2D eigenvalue weighted by atomic mass is 16.5. The van der Waals surface area contributed by atoms with E-state index in [1.165, 1.54) is 11.1 Å². The van der Waals surface area contributed by atoms with E-state index in [0.29, 0.717) is 23.9 Å². The molecule has 36 heavy (non-hydrogen) atoms. The summed E-state index contributed by atoms with van der Waals surface area (Å²) in [6, 6.07) is 10.3. The number of carbonyl (C=O) groups is 1. The van der Waals surface area contributed by atoms with E-state index >= 15 is 0 Å². The van der Waals surface area contributed by atoms with Crippen molar-refractivity contribution in [3.05, 3.63) is 52.6 Å². The molecule has 0 saturated heterocycles. The van der Waals surface area contributed by atoms with Crippen LogP contribution in [-0.4, -0.2) is 71.1 Å². The molecule has 9 nitrogen and oxygen atoms in total. The summed E-state index contributed by atoms with van der Waals surface area (Å²) in [5, 5.41) is 25.5. The molecule has 1 heterocycles. The summed E-state index contributed by atoms with van der Waals surface area (Å²) < 4.78 is 11.5. The van der Waals surface area contributed by atoms with E-state index in [4.69, 9.17) is 14.4 Å². The van der Waals surface area contributed by atoms with Gasteiger partial charge in [-0.05, 0) is 80.4 Å². The zero-order valence-corrected chi connectivity index (χ0v) is 21.7. The molecule has 3 aromatic rings. The number of rotatable bonds is 12. The van der Waals surface area contributed by atoms with E-state index in [0.717, 1.165) is 35.2 Å². The van der Waals surface area contributed by atoms with Crippen LogP contribution in [0.2, 0.25) is 0 Å². The van der Waals surface area contributed by atoms with Gasteiger partial charge in [0, 0.05) is 24.2 Å². The Morgan fingerprint density at radius 3 is 2.53 bits per heavy atom. The number of hydrogen-bond acceptors (Lipinski definition) is 8. The number of hydrogen-bond donors (Lipinski definition) is 3. The van der Waals surface area contributed by atoms with Crippen LogP contribution in [0.1, 0.15) is 36.1 Å². The van der Waals surface area contributed by atoms with Crippen molar-refractivity contribution in [1.29, 1.82) is 0 Å². The van der Waals surface area contributed by atoms with Crippen LogP contribution in [0.4, 0.5) is 0 Å². The predicted octanol–water partition coefficient (Wildman–Crippen LogP) is 2.75. The zero-order chi connectivity index (χ0) is 26.2. The Bertz CT molecular complexity index is 1170. The first kappa shape index (κ1) is 27.3. The molecule has 0 saturated carbocycles. The van der Waals surface area contributed by atoms with Gasteiger partial charge in [0.15, 0.2) is 0 Å². The normalized spacial score (nSPS) is 12.1. The molecule has 0 aliphatic heterocycles. The quantitative estimate of drug-likeness (QED) is 0.350. The second-order valence-corrected chi connectivity index (χ2v) is 9.11. The molecule has 3 rings (SSSR count). The Hall–Kier alpha value is -3.27. The smallest absolute Gasteiger partial charge is 0.258 e. The summed E-state index contributed by atoms with van der Waals surface area (Å²) in [6.07, 6.45) is 0.719. The minimum absolute atomic E-state index is 0.000885. The van der Waals surface area contributed by atoms with Crippen LogP contribution >= 0.6 is 0 Å². The van der Waals surface area contributed by atoms with Gasteiger partial charge < -0.3 is 29.7 Å². The van der Waals surface area contributed by atoms with Gasteiger partial charge in [-0.1, -0.05) is 25.1 Å². The fourth-order valence-electron chi connectivity index (χ4n) is 3.98. The van der Waals surface area contributed by atoms with Crippen molar-refractivity contribution in [2.45, 2.75) is 46.3 Å². The van der Waals surface area contributed by atoms with Crippen molar-refractivity contribution in [3.8, 4) is 28.6 Å². The molecule has 194 valence electrons. The van der Waals surface area contributed by atoms with Gasteiger partial charge in [-0.2, -0.15) is 4.98 Å². The third-order valence-corrected chi connectivity index (χ3v) is 5.72. The monoisotopic (exact) mass is 496 g/mol. The van der Waals surface area contributed by atoms with Crippen molar-refractivity contribution in [2.24, 2.45) is 0 Å². The molecule has 9 heteroatoms. The highest BCUT2D eigenvalue weighted by Gasteiger charge is 2.17. The number of nitrogens with zero attached hydrogens (tertiary/aromatic N) is 3. The number of benzene rings is 2. The Kier molecular flexibility index (Phi) is 9.58. The number of carbonyl (C=O) groups excluding carboxylic acids is 1. The minimum Gasteiger partial charge on any atom is -0.490 e. The van der Waals surface area contributed by atoms with Crippen molar-refractivity contribution in [3.63, 3.8) is 0 Å². The largest absolute Gasteiger partial charge is 0.490 e. The molecule has 0 fully saturated rings. The SMILES string of the molecule is CCc1cc(CN(C)C)cc(-c2nc(-c3cc(C)c(OCC(O)CNC(=O)CO)c(CC)c3)no2)c1. The first-order valence-corrected chi connectivity index (χ1v) is 12.2. The molecule has 2 aromatic carbocycles. The van der Waals surface area contributed by atoms with E-state index < -0.39 is 18.6 Å². The van der Waals surface area contributed by atoms with Crippen molar-refractivity contribution < 1.29 is 24.3 Å². The van der Waals surface area contributed by atoms with Crippen molar-refractivity contribution in [1.82, 2.24) is 20.4 Å². The van der Waals surface area contributed by atoms with Gasteiger partial charge in [-0.3, -0.25) is 4.79 Å². The highest BCUT2D eigenvalue weighted by Crippen LogP contribution is 2.31. The summed E-state index contributed by atoms with van der Waals surface area (Å²) in [6.45, 7) is 6.29. The number of aliphatic hydroxyl groups excluding tert-OH is 2. The number of amides is 1. The third kappa shape index (κ3) is 7.13. The number of ether oxygens (including phenoxy) is 1. The average Bonchev–Trinajstić information content (AvgIpc) is 3.36. The summed E-state index contributed by atoms with van der Waals surface area (Å²) in [5.74, 6) is 1.11. The number of nitrogens with one attached hydrogen (secondary N) is 1. The lowest BCUT2D eigenvalue weighted by atomic mass is 10.0.